The Bertz CT molecular complexity index is 502. The SMILES string of the molecule is CC(C)Oc1ccc(C(O)c2ccc(Cl)o2)cc1. The van der Waals surface area contributed by atoms with E-state index in [-0.39, 0.29) is 11.3 Å². The Morgan fingerprint density at radius 1 is 1.11 bits per heavy atom. The Morgan fingerprint density at radius 2 is 1.78 bits per heavy atom. The number of rotatable bonds is 4. The summed E-state index contributed by atoms with van der Waals surface area (Å²) in [5.74, 6) is 1.20. The third-order valence-electron chi connectivity index (χ3n) is 2.43. The fourth-order valence-electron chi connectivity index (χ4n) is 1.64. The van der Waals surface area contributed by atoms with Crippen LogP contribution in [0.2, 0.25) is 5.22 Å². The normalized spacial score (nSPS) is 12.7. The number of ether oxygens (including phenoxy) is 1. The largest absolute Gasteiger partial charge is 0.491 e. The maximum absolute atomic E-state index is 10.1. The molecule has 1 N–H and O–H groups in total. The first-order valence-electron chi connectivity index (χ1n) is 5.76. The zero-order valence-electron chi connectivity index (χ0n) is 10.3. The molecule has 4 heteroatoms. The summed E-state index contributed by atoms with van der Waals surface area (Å²) in [5, 5.41) is 10.4. The van der Waals surface area contributed by atoms with Crippen molar-refractivity contribution in [1.29, 1.82) is 0 Å². The van der Waals surface area contributed by atoms with E-state index in [0.29, 0.717) is 5.76 Å². The van der Waals surface area contributed by atoms with Crippen molar-refractivity contribution in [3.63, 3.8) is 0 Å². The van der Waals surface area contributed by atoms with Crippen molar-refractivity contribution in [1.82, 2.24) is 0 Å². The molecule has 0 saturated heterocycles. The van der Waals surface area contributed by atoms with Gasteiger partial charge in [-0.2, -0.15) is 0 Å². The molecule has 0 saturated carbocycles. The lowest BCUT2D eigenvalue weighted by atomic mass is 10.1. The first kappa shape index (κ1) is 13.0. The number of aliphatic hydroxyl groups is 1. The molecule has 0 bridgehead atoms. The minimum Gasteiger partial charge on any atom is -0.491 e. The topological polar surface area (TPSA) is 42.6 Å². The summed E-state index contributed by atoms with van der Waals surface area (Å²) in [5.41, 5.74) is 0.733. The van der Waals surface area contributed by atoms with E-state index in [4.69, 9.17) is 20.8 Å². The minimum atomic E-state index is -0.814. The average molecular weight is 267 g/mol. The van der Waals surface area contributed by atoms with E-state index in [2.05, 4.69) is 0 Å². The number of aliphatic hydroxyl groups excluding tert-OH is 1. The van der Waals surface area contributed by atoms with Gasteiger partial charge in [-0.3, -0.25) is 0 Å². The molecule has 1 unspecified atom stereocenters. The molecular weight excluding hydrogens is 252 g/mol. The summed E-state index contributed by atoms with van der Waals surface area (Å²) in [7, 11) is 0. The van der Waals surface area contributed by atoms with Crippen molar-refractivity contribution in [2.24, 2.45) is 0 Å². The van der Waals surface area contributed by atoms with Gasteiger partial charge in [-0.05, 0) is 55.3 Å². The molecule has 1 atom stereocenters. The molecule has 0 radical (unpaired) electrons. The second-order valence-electron chi connectivity index (χ2n) is 4.28. The number of benzene rings is 1. The third-order valence-corrected chi connectivity index (χ3v) is 2.63. The summed E-state index contributed by atoms with van der Waals surface area (Å²) >= 11 is 5.68. The van der Waals surface area contributed by atoms with E-state index in [0.717, 1.165) is 11.3 Å². The lowest BCUT2D eigenvalue weighted by Gasteiger charge is -2.12. The highest BCUT2D eigenvalue weighted by Crippen LogP contribution is 2.27. The van der Waals surface area contributed by atoms with Crippen LogP contribution < -0.4 is 4.74 Å². The van der Waals surface area contributed by atoms with Gasteiger partial charge in [0.2, 0.25) is 0 Å². The van der Waals surface area contributed by atoms with Crippen LogP contribution >= 0.6 is 11.6 Å². The lowest BCUT2D eigenvalue weighted by molar-refractivity contribution is 0.189. The molecule has 0 aliphatic carbocycles. The van der Waals surface area contributed by atoms with Crippen molar-refractivity contribution in [2.75, 3.05) is 0 Å². The van der Waals surface area contributed by atoms with Gasteiger partial charge in [0.25, 0.3) is 0 Å². The second kappa shape index (κ2) is 5.46. The zero-order chi connectivity index (χ0) is 13.1. The van der Waals surface area contributed by atoms with Gasteiger partial charge in [0.15, 0.2) is 5.22 Å². The maximum Gasteiger partial charge on any atom is 0.193 e. The van der Waals surface area contributed by atoms with Gasteiger partial charge in [0.05, 0.1) is 6.10 Å². The molecule has 0 aliphatic heterocycles. The molecular formula is C14H15ClO3. The van der Waals surface area contributed by atoms with Crippen LogP contribution in [0.4, 0.5) is 0 Å². The smallest absolute Gasteiger partial charge is 0.193 e. The van der Waals surface area contributed by atoms with Crippen molar-refractivity contribution in [3.8, 4) is 5.75 Å². The molecule has 96 valence electrons. The molecule has 1 heterocycles. The monoisotopic (exact) mass is 266 g/mol. The maximum atomic E-state index is 10.1. The van der Waals surface area contributed by atoms with Crippen molar-refractivity contribution in [2.45, 2.75) is 26.1 Å². The Labute approximate surface area is 111 Å². The van der Waals surface area contributed by atoms with Gasteiger partial charge in [0, 0.05) is 0 Å². The van der Waals surface area contributed by atoms with Gasteiger partial charge < -0.3 is 14.3 Å². The number of hydrogen-bond acceptors (Lipinski definition) is 3. The van der Waals surface area contributed by atoms with Gasteiger partial charge in [0.1, 0.15) is 17.6 Å². The molecule has 0 amide bonds. The Balaban J connectivity index is 2.14. The summed E-state index contributed by atoms with van der Waals surface area (Å²) < 4.78 is 10.7. The number of hydrogen-bond donors (Lipinski definition) is 1. The molecule has 18 heavy (non-hydrogen) atoms. The predicted octanol–water partition coefficient (Wildman–Crippen LogP) is 3.80. The molecule has 2 rings (SSSR count). The second-order valence-corrected chi connectivity index (χ2v) is 4.65. The van der Waals surface area contributed by atoms with E-state index < -0.39 is 6.10 Å². The summed E-state index contributed by atoms with van der Waals surface area (Å²) in [6.07, 6.45) is -0.685. The van der Waals surface area contributed by atoms with Gasteiger partial charge in [-0.25, -0.2) is 0 Å². The average Bonchev–Trinajstić information content (AvgIpc) is 2.75. The first-order valence-corrected chi connectivity index (χ1v) is 6.14. The van der Waals surface area contributed by atoms with Gasteiger partial charge >= 0.3 is 0 Å². The first-order chi connectivity index (χ1) is 8.56. The van der Waals surface area contributed by atoms with Crippen LogP contribution in [0.25, 0.3) is 0 Å². The molecule has 0 spiro atoms. The molecule has 0 fully saturated rings. The third kappa shape index (κ3) is 3.06. The Morgan fingerprint density at radius 3 is 2.28 bits per heavy atom. The van der Waals surface area contributed by atoms with Gasteiger partial charge in [-0.1, -0.05) is 12.1 Å². The van der Waals surface area contributed by atoms with E-state index in [1.807, 2.05) is 26.0 Å². The molecule has 1 aromatic carbocycles. The molecule has 3 nitrogen and oxygen atoms in total. The Kier molecular flexibility index (Phi) is 3.94. The number of halogens is 1. The van der Waals surface area contributed by atoms with E-state index in [1.54, 1.807) is 24.3 Å². The summed E-state index contributed by atoms with van der Waals surface area (Å²) in [4.78, 5) is 0. The molecule has 1 aromatic heterocycles. The van der Waals surface area contributed by atoms with E-state index in [9.17, 15) is 5.11 Å². The highest BCUT2D eigenvalue weighted by Gasteiger charge is 2.14. The van der Waals surface area contributed by atoms with Crippen LogP contribution in [-0.2, 0) is 0 Å². The fraction of sp³-hybridized carbons (Fsp3) is 0.286. The summed E-state index contributed by atoms with van der Waals surface area (Å²) in [6.45, 7) is 3.93. The highest BCUT2D eigenvalue weighted by molar-refractivity contribution is 6.28. The Hall–Kier alpha value is -1.45. The molecule has 0 aliphatic rings. The van der Waals surface area contributed by atoms with Crippen LogP contribution in [0.5, 0.6) is 5.75 Å². The highest BCUT2D eigenvalue weighted by atomic mass is 35.5. The van der Waals surface area contributed by atoms with Crippen LogP contribution in [0.1, 0.15) is 31.3 Å². The molecule has 2 aromatic rings. The van der Waals surface area contributed by atoms with Crippen molar-refractivity contribution >= 4 is 11.6 Å². The van der Waals surface area contributed by atoms with Gasteiger partial charge in [-0.15, -0.1) is 0 Å². The minimum absolute atomic E-state index is 0.129. The lowest BCUT2D eigenvalue weighted by Crippen LogP contribution is -2.05. The van der Waals surface area contributed by atoms with E-state index in [1.165, 1.54) is 0 Å². The zero-order valence-corrected chi connectivity index (χ0v) is 11.0. The number of furan rings is 1. The van der Waals surface area contributed by atoms with Crippen LogP contribution in [0, 0.1) is 0 Å². The summed E-state index contributed by atoms with van der Waals surface area (Å²) in [6, 6.07) is 10.5. The van der Waals surface area contributed by atoms with Crippen molar-refractivity contribution in [3.05, 3.63) is 52.9 Å². The van der Waals surface area contributed by atoms with Crippen LogP contribution in [-0.4, -0.2) is 11.2 Å². The van der Waals surface area contributed by atoms with Crippen LogP contribution in [0.3, 0.4) is 0 Å². The van der Waals surface area contributed by atoms with Crippen molar-refractivity contribution < 1.29 is 14.3 Å². The van der Waals surface area contributed by atoms with E-state index >= 15 is 0 Å². The fourth-order valence-corrected chi connectivity index (χ4v) is 1.79. The van der Waals surface area contributed by atoms with Crippen LogP contribution in [0.15, 0.2) is 40.8 Å². The quantitative estimate of drug-likeness (QED) is 0.915. The predicted molar refractivity (Wildman–Crippen MR) is 70.0 cm³/mol. The standard InChI is InChI=1S/C14H15ClO3/c1-9(2)17-11-5-3-10(4-6-11)14(16)12-7-8-13(15)18-12/h3-9,14,16H,1-2H3.